The molecule has 0 aliphatic rings. The molecule has 0 saturated heterocycles. The second-order valence-corrected chi connectivity index (χ2v) is 8.71. The normalized spacial score (nSPS) is 11.2. The monoisotopic (exact) mass is 416 g/mol. The van der Waals surface area contributed by atoms with E-state index in [0.717, 1.165) is 28.3 Å². The summed E-state index contributed by atoms with van der Waals surface area (Å²) in [5.41, 5.74) is 5.44. The van der Waals surface area contributed by atoms with E-state index in [1.54, 1.807) is 0 Å². The molecule has 4 rings (SSSR count). The molecule has 6 heteroatoms. The fourth-order valence-corrected chi connectivity index (χ4v) is 3.75. The van der Waals surface area contributed by atoms with Gasteiger partial charge >= 0.3 is 0 Å². The predicted molar refractivity (Wildman–Crippen MR) is 120 cm³/mol. The summed E-state index contributed by atoms with van der Waals surface area (Å²) < 4.78 is 5.37. The highest BCUT2D eigenvalue weighted by molar-refractivity contribution is 7.98. The molecule has 0 N–H and O–H groups in total. The zero-order valence-corrected chi connectivity index (χ0v) is 18.2. The number of rotatable bonds is 7. The first-order chi connectivity index (χ1) is 14.6. The van der Waals surface area contributed by atoms with E-state index in [2.05, 4.69) is 65.4 Å². The third-order valence-corrected chi connectivity index (χ3v) is 5.56. The van der Waals surface area contributed by atoms with Crippen molar-refractivity contribution in [2.45, 2.75) is 38.0 Å². The maximum absolute atomic E-state index is 5.37. The van der Waals surface area contributed by atoms with Crippen molar-refractivity contribution in [3.8, 4) is 22.6 Å². The van der Waals surface area contributed by atoms with Crippen LogP contribution in [0.2, 0.25) is 0 Å². The lowest BCUT2D eigenvalue weighted by Crippen LogP contribution is -1.94. The van der Waals surface area contributed by atoms with Crippen LogP contribution in [0.1, 0.15) is 30.9 Å². The Morgan fingerprint density at radius 2 is 1.60 bits per heavy atom. The van der Waals surface area contributed by atoms with Crippen LogP contribution in [0.3, 0.4) is 0 Å². The molecule has 0 spiro atoms. The second kappa shape index (κ2) is 9.22. The van der Waals surface area contributed by atoms with Gasteiger partial charge in [-0.15, -0.1) is 10.2 Å². The van der Waals surface area contributed by atoms with E-state index < -0.39 is 0 Å². The van der Waals surface area contributed by atoms with Crippen molar-refractivity contribution < 1.29 is 4.52 Å². The summed E-state index contributed by atoms with van der Waals surface area (Å²) in [6.45, 7) is 6.51. The molecule has 0 aliphatic heterocycles. The van der Waals surface area contributed by atoms with E-state index in [0.29, 0.717) is 23.4 Å². The molecular formula is C24H24N4OS. The highest BCUT2D eigenvalue weighted by atomic mass is 32.2. The lowest BCUT2D eigenvalue weighted by Gasteiger charge is -2.06. The molecule has 4 aromatic rings. The summed E-state index contributed by atoms with van der Waals surface area (Å²) in [6.07, 6.45) is 1.09. The number of thioether (sulfide) groups is 1. The zero-order chi connectivity index (χ0) is 20.9. The first-order valence-corrected chi connectivity index (χ1v) is 11.0. The van der Waals surface area contributed by atoms with E-state index in [1.807, 2.05) is 36.4 Å². The highest BCUT2D eigenvalue weighted by Crippen LogP contribution is 2.24. The molecule has 152 valence electrons. The van der Waals surface area contributed by atoms with E-state index in [9.17, 15) is 0 Å². The van der Waals surface area contributed by atoms with Gasteiger partial charge in [0.2, 0.25) is 11.7 Å². The Hall–Kier alpha value is -2.99. The molecule has 0 unspecified atom stereocenters. The third kappa shape index (κ3) is 5.13. The maximum atomic E-state index is 5.37. The predicted octanol–water partition coefficient (Wildman–Crippen LogP) is 5.99. The smallest absolute Gasteiger partial charge is 0.237 e. The van der Waals surface area contributed by atoms with Crippen LogP contribution in [0.15, 0.2) is 70.2 Å². The molecule has 0 aliphatic carbocycles. The molecule has 2 aromatic heterocycles. The minimum atomic E-state index is 0.552. The van der Waals surface area contributed by atoms with Gasteiger partial charge in [0.15, 0.2) is 0 Å². The van der Waals surface area contributed by atoms with E-state index in [-0.39, 0.29) is 0 Å². The average molecular weight is 417 g/mol. The van der Waals surface area contributed by atoms with E-state index >= 15 is 0 Å². The minimum Gasteiger partial charge on any atom is -0.338 e. The Morgan fingerprint density at radius 3 is 2.27 bits per heavy atom. The number of hydrogen-bond donors (Lipinski definition) is 0. The number of aromatic nitrogens is 4. The maximum Gasteiger partial charge on any atom is 0.237 e. The van der Waals surface area contributed by atoms with Gasteiger partial charge in [0.1, 0.15) is 5.03 Å². The first kappa shape index (κ1) is 20.3. The van der Waals surface area contributed by atoms with Crippen LogP contribution in [-0.4, -0.2) is 20.3 Å². The molecular weight excluding hydrogens is 392 g/mol. The molecule has 0 radical (unpaired) electrons. The quantitative estimate of drug-likeness (QED) is 0.345. The zero-order valence-electron chi connectivity index (χ0n) is 17.4. The van der Waals surface area contributed by atoms with Crippen molar-refractivity contribution in [2.75, 3.05) is 0 Å². The van der Waals surface area contributed by atoms with Gasteiger partial charge in [-0.1, -0.05) is 84.9 Å². The van der Waals surface area contributed by atoms with Gasteiger partial charge < -0.3 is 4.52 Å². The Kier molecular flexibility index (Phi) is 6.23. The molecule has 0 saturated carbocycles. The van der Waals surface area contributed by atoms with E-state index in [1.165, 1.54) is 22.9 Å². The van der Waals surface area contributed by atoms with Gasteiger partial charge in [0.25, 0.3) is 0 Å². The van der Waals surface area contributed by atoms with Gasteiger partial charge in [0, 0.05) is 11.1 Å². The summed E-state index contributed by atoms with van der Waals surface area (Å²) in [6, 6.07) is 20.6. The topological polar surface area (TPSA) is 64.7 Å². The average Bonchev–Trinajstić information content (AvgIpc) is 3.22. The fraction of sp³-hybridized carbons (Fsp3) is 0.250. The first-order valence-electron chi connectivity index (χ1n) is 10.0. The summed E-state index contributed by atoms with van der Waals surface area (Å²) in [7, 11) is 0. The molecule has 0 atom stereocenters. The molecule has 0 fully saturated rings. The van der Waals surface area contributed by atoms with Crippen molar-refractivity contribution in [1.82, 2.24) is 20.3 Å². The SMILES string of the molecule is Cc1ccc(-c2noc(CSc3ccc(-c4ccc(CC(C)C)cc4)nn3)n2)cc1. The molecule has 5 nitrogen and oxygen atoms in total. The van der Waals surface area contributed by atoms with Crippen LogP contribution in [0.4, 0.5) is 0 Å². The van der Waals surface area contributed by atoms with Crippen LogP contribution in [-0.2, 0) is 12.2 Å². The molecule has 0 amide bonds. The van der Waals surface area contributed by atoms with Gasteiger partial charge in [-0.05, 0) is 37.0 Å². The Balaban J connectivity index is 1.36. The van der Waals surface area contributed by atoms with Gasteiger partial charge in [-0.3, -0.25) is 0 Å². The van der Waals surface area contributed by atoms with Crippen LogP contribution >= 0.6 is 11.8 Å². The van der Waals surface area contributed by atoms with Gasteiger partial charge in [-0.2, -0.15) is 4.98 Å². The summed E-state index contributed by atoms with van der Waals surface area (Å²) in [4.78, 5) is 4.47. The number of aryl methyl sites for hydroxylation is 1. The number of nitrogens with zero attached hydrogens (tertiary/aromatic N) is 4. The van der Waals surface area contributed by atoms with Crippen molar-refractivity contribution >= 4 is 11.8 Å². The Morgan fingerprint density at radius 1 is 0.867 bits per heavy atom. The molecule has 30 heavy (non-hydrogen) atoms. The van der Waals surface area contributed by atoms with Crippen LogP contribution < -0.4 is 0 Å². The van der Waals surface area contributed by atoms with E-state index in [4.69, 9.17) is 4.52 Å². The van der Waals surface area contributed by atoms with Crippen molar-refractivity contribution in [1.29, 1.82) is 0 Å². The number of benzene rings is 2. The standard InChI is InChI=1S/C24H24N4OS/c1-16(2)14-18-6-10-19(11-7-18)21-12-13-23(27-26-21)30-15-22-25-24(28-29-22)20-8-4-17(3)5-9-20/h4-13,16H,14-15H2,1-3H3. The lowest BCUT2D eigenvalue weighted by molar-refractivity contribution is 0.391. The third-order valence-electron chi connectivity index (χ3n) is 4.66. The number of hydrogen-bond acceptors (Lipinski definition) is 6. The minimum absolute atomic E-state index is 0.552. The van der Waals surface area contributed by atoms with Gasteiger partial charge in [-0.25, -0.2) is 0 Å². The highest BCUT2D eigenvalue weighted by Gasteiger charge is 2.10. The lowest BCUT2D eigenvalue weighted by atomic mass is 10.0. The van der Waals surface area contributed by atoms with Crippen LogP contribution in [0.5, 0.6) is 0 Å². The second-order valence-electron chi connectivity index (χ2n) is 7.72. The largest absolute Gasteiger partial charge is 0.338 e. The van der Waals surface area contributed by atoms with Gasteiger partial charge in [0.05, 0.1) is 11.4 Å². The Bertz CT molecular complexity index is 1090. The molecule has 0 bridgehead atoms. The summed E-state index contributed by atoms with van der Waals surface area (Å²) in [5.74, 6) is 2.38. The Labute approximate surface area is 181 Å². The van der Waals surface area contributed by atoms with Crippen molar-refractivity contribution in [2.24, 2.45) is 5.92 Å². The summed E-state index contributed by atoms with van der Waals surface area (Å²) >= 11 is 1.53. The van der Waals surface area contributed by atoms with Crippen molar-refractivity contribution in [3.63, 3.8) is 0 Å². The molecule has 2 aromatic carbocycles. The summed E-state index contributed by atoms with van der Waals surface area (Å²) in [5, 5.41) is 13.6. The van der Waals surface area contributed by atoms with Crippen LogP contribution in [0.25, 0.3) is 22.6 Å². The fourth-order valence-electron chi connectivity index (χ4n) is 3.10. The van der Waals surface area contributed by atoms with Crippen LogP contribution in [0, 0.1) is 12.8 Å². The van der Waals surface area contributed by atoms with Crippen molar-refractivity contribution in [3.05, 3.63) is 77.7 Å². The molecule has 2 heterocycles.